The first kappa shape index (κ1) is 8.20. The van der Waals surface area contributed by atoms with Crippen LogP contribution in [0.3, 0.4) is 0 Å². The van der Waals surface area contributed by atoms with Crippen LogP contribution in [0.15, 0.2) is 11.7 Å². The molecular weight excluding hydrogens is 133 g/mol. The molecule has 0 amide bonds. The van der Waals surface area contributed by atoms with Gasteiger partial charge in [-0.1, -0.05) is 0 Å². The fourth-order valence-electron chi connectivity index (χ4n) is 0.206. The van der Waals surface area contributed by atoms with Crippen LogP contribution in [-0.4, -0.2) is 12.5 Å². The van der Waals surface area contributed by atoms with Gasteiger partial charge in [0.15, 0.2) is 12.5 Å². The van der Waals surface area contributed by atoms with E-state index < -0.39 is 24.1 Å². The van der Waals surface area contributed by atoms with Crippen LogP contribution in [0.4, 0.5) is 13.2 Å². The number of hydrogen-bond donors (Lipinski definition) is 0. The molecule has 4 heteroatoms. The Balaban J connectivity index is 4.21. The first-order valence-electron chi connectivity index (χ1n) is 2.20. The van der Waals surface area contributed by atoms with Crippen LogP contribution in [-0.2, 0) is 4.79 Å². The maximum atomic E-state index is 11.4. The molecule has 52 valence electrons. The van der Waals surface area contributed by atoms with Crippen LogP contribution in [0.5, 0.6) is 0 Å². The molecule has 0 atom stereocenters. The molecule has 1 nitrogen and oxygen atoms in total. The van der Waals surface area contributed by atoms with Crippen LogP contribution in [0, 0.1) is 0 Å². The van der Waals surface area contributed by atoms with Gasteiger partial charge in [-0.15, -0.1) is 0 Å². The summed E-state index contributed by atoms with van der Waals surface area (Å²) in [5.41, 5.74) is -0.794. The van der Waals surface area contributed by atoms with Crippen molar-refractivity contribution in [2.45, 2.75) is 6.92 Å². The summed E-state index contributed by atoms with van der Waals surface area (Å²) in [7, 11) is 0. The fraction of sp³-hybridized carbons (Fsp3) is 0.400. The number of halogens is 3. The second-order valence-corrected chi connectivity index (χ2v) is 1.44. The number of hydrogen-bond acceptors (Lipinski definition) is 1. The lowest BCUT2D eigenvalue weighted by Gasteiger charge is -1.89. The van der Waals surface area contributed by atoms with Gasteiger partial charge >= 0.3 is 0 Å². The summed E-state index contributed by atoms with van der Waals surface area (Å²) < 4.78 is 34.0. The van der Waals surface area contributed by atoms with Gasteiger partial charge in [0.1, 0.15) is 0 Å². The van der Waals surface area contributed by atoms with E-state index in [1.54, 1.807) is 0 Å². The third kappa shape index (κ3) is 2.30. The highest BCUT2D eigenvalue weighted by atomic mass is 19.3. The molecule has 0 aliphatic rings. The van der Waals surface area contributed by atoms with Crippen LogP contribution in [0.1, 0.15) is 6.92 Å². The summed E-state index contributed by atoms with van der Waals surface area (Å²) in [5.74, 6) is -1.16. The van der Waals surface area contributed by atoms with Gasteiger partial charge in [-0.2, -0.15) is 8.78 Å². The summed E-state index contributed by atoms with van der Waals surface area (Å²) >= 11 is 0. The highest BCUT2D eigenvalue weighted by Gasteiger charge is 2.08. The van der Waals surface area contributed by atoms with Crippen molar-refractivity contribution in [3.8, 4) is 0 Å². The minimum absolute atomic E-state index is 0.794. The first-order valence-corrected chi connectivity index (χ1v) is 2.20. The van der Waals surface area contributed by atoms with Crippen molar-refractivity contribution < 1.29 is 18.0 Å². The smallest absolute Gasteiger partial charge is 0.276 e. The van der Waals surface area contributed by atoms with Gasteiger partial charge in [-0.3, -0.25) is 4.79 Å². The number of rotatable bonds is 2. The molecule has 0 fully saturated rings. The van der Waals surface area contributed by atoms with E-state index in [0.29, 0.717) is 0 Å². The van der Waals surface area contributed by atoms with Crippen molar-refractivity contribution in [3.05, 3.63) is 11.7 Å². The minimum atomic E-state index is -2.11. The summed E-state index contributed by atoms with van der Waals surface area (Å²) in [5, 5.41) is 0. The molecule has 0 aliphatic carbocycles. The molecule has 0 heterocycles. The Hall–Kier alpha value is -0.800. The zero-order valence-electron chi connectivity index (χ0n) is 4.75. The van der Waals surface area contributed by atoms with E-state index in [1.165, 1.54) is 0 Å². The van der Waals surface area contributed by atoms with Crippen LogP contribution < -0.4 is 0 Å². The Morgan fingerprint density at radius 3 is 2.00 bits per heavy atom. The summed E-state index contributed by atoms with van der Waals surface area (Å²) in [6.07, 6.45) is -2.11. The van der Waals surface area contributed by atoms with E-state index in [1.807, 2.05) is 0 Å². The Labute approximate surface area is 50.2 Å². The predicted molar refractivity (Wildman–Crippen MR) is 25.9 cm³/mol. The van der Waals surface area contributed by atoms with Gasteiger partial charge in [0.25, 0.3) is 6.08 Å². The van der Waals surface area contributed by atoms with Gasteiger partial charge in [0.2, 0.25) is 0 Å². The van der Waals surface area contributed by atoms with E-state index in [4.69, 9.17) is 0 Å². The van der Waals surface area contributed by atoms with E-state index in [9.17, 15) is 18.0 Å². The number of allylic oxidation sites excluding steroid dienone is 1. The second-order valence-electron chi connectivity index (χ2n) is 1.44. The highest BCUT2D eigenvalue weighted by Crippen LogP contribution is 2.07. The molecule has 0 unspecified atom stereocenters. The van der Waals surface area contributed by atoms with Crippen molar-refractivity contribution >= 4 is 5.78 Å². The van der Waals surface area contributed by atoms with Crippen molar-refractivity contribution in [3.63, 3.8) is 0 Å². The largest absolute Gasteiger partial charge is 0.291 e. The molecule has 0 radical (unpaired) electrons. The Kier molecular flexibility index (Phi) is 2.98. The monoisotopic (exact) mass is 138 g/mol. The molecule has 0 saturated heterocycles. The second kappa shape index (κ2) is 3.27. The molecule has 0 aromatic carbocycles. The standard InChI is InChI=1S/C5H5F3O/c1-3(5(7)8)4(9)2-6/h2H2,1H3. The molecule has 0 aromatic rings. The molecule has 0 aliphatic heterocycles. The van der Waals surface area contributed by atoms with Crippen LogP contribution in [0.2, 0.25) is 0 Å². The maximum Gasteiger partial charge on any atom is 0.276 e. The van der Waals surface area contributed by atoms with Crippen LogP contribution in [0.25, 0.3) is 0 Å². The average molecular weight is 138 g/mol. The van der Waals surface area contributed by atoms with Gasteiger partial charge in [0, 0.05) is 0 Å². The lowest BCUT2D eigenvalue weighted by molar-refractivity contribution is -0.116. The van der Waals surface area contributed by atoms with E-state index in [-0.39, 0.29) is 0 Å². The summed E-state index contributed by atoms with van der Waals surface area (Å²) in [6.45, 7) is -0.472. The highest BCUT2D eigenvalue weighted by molar-refractivity contribution is 5.95. The molecule has 0 saturated carbocycles. The predicted octanol–water partition coefficient (Wildman–Crippen LogP) is 1.70. The quantitative estimate of drug-likeness (QED) is 0.530. The van der Waals surface area contributed by atoms with Crippen molar-refractivity contribution in [2.24, 2.45) is 0 Å². The maximum absolute atomic E-state index is 11.4. The average Bonchev–Trinajstić information content (AvgIpc) is 1.84. The van der Waals surface area contributed by atoms with E-state index in [2.05, 4.69) is 0 Å². The lowest BCUT2D eigenvalue weighted by atomic mass is 10.2. The lowest BCUT2D eigenvalue weighted by Crippen LogP contribution is -2.01. The number of Topliss-reactive ketones (excluding diaryl/α,β-unsaturated/α-hetero) is 1. The zero-order chi connectivity index (χ0) is 7.44. The number of carbonyl (C=O) groups excluding carboxylic acids is 1. The Bertz CT molecular complexity index is 146. The number of alkyl halides is 1. The molecule has 0 aromatic heterocycles. The molecule has 0 spiro atoms. The third-order valence-corrected chi connectivity index (χ3v) is 0.823. The van der Waals surface area contributed by atoms with Gasteiger partial charge in [0.05, 0.1) is 5.57 Å². The Morgan fingerprint density at radius 1 is 1.44 bits per heavy atom. The number of ketones is 1. The van der Waals surface area contributed by atoms with E-state index >= 15 is 0 Å². The fourth-order valence-corrected chi connectivity index (χ4v) is 0.206. The van der Waals surface area contributed by atoms with Gasteiger partial charge in [-0.05, 0) is 6.92 Å². The molecule has 0 N–H and O–H groups in total. The molecule has 0 rings (SSSR count). The normalized spacial score (nSPS) is 8.89. The van der Waals surface area contributed by atoms with E-state index in [0.717, 1.165) is 6.92 Å². The van der Waals surface area contributed by atoms with Crippen molar-refractivity contribution in [1.29, 1.82) is 0 Å². The summed E-state index contributed by atoms with van der Waals surface area (Å²) in [6, 6.07) is 0. The summed E-state index contributed by atoms with van der Waals surface area (Å²) in [4.78, 5) is 10.0. The van der Waals surface area contributed by atoms with Gasteiger partial charge < -0.3 is 0 Å². The Morgan fingerprint density at radius 2 is 1.89 bits per heavy atom. The van der Waals surface area contributed by atoms with Crippen LogP contribution >= 0.6 is 0 Å². The van der Waals surface area contributed by atoms with Gasteiger partial charge in [-0.25, -0.2) is 4.39 Å². The third-order valence-electron chi connectivity index (χ3n) is 0.823. The number of carbonyl (C=O) groups is 1. The van der Waals surface area contributed by atoms with Crippen molar-refractivity contribution in [1.82, 2.24) is 0 Å². The molecule has 0 bridgehead atoms. The minimum Gasteiger partial charge on any atom is -0.291 e. The first-order chi connectivity index (χ1) is 4.09. The zero-order valence-corrected chi connectivity index (χ0v) is 4.75. The SMILES string of the molecule is CC(C(=O)CF)=C(F)F. The topological polar surface area (TPSA) is 17.1 Å². The van der Waals surface area contributed by atoms with Crippen molar-refractivity contribution in [2.75, 3.05) is 6.67 Å². The molecule has 9 heavy (non-hydrogen) atoms. The molecular formula is C5H5F3O.